The number of carbonyl (C=O) groups excluding carboxylic acids is 4. The van der Waals surface area contributed by atoms with Gasteiger partial charge in [-0.2, -0.15) is 0 Å². The standard InChI is InChI=1S/C28H25NO5/c1-15(30)17-8-5-9-18(13-17)34-28(33)23(12-16-6-3-2-4-7-16)29-26(31)24-19-10-11-20(22-14-21(19)22)25(24)27(29)32/h2-11,13,19-25H,12,14H2,1H3/t19-,20-,21-,22-,23+,24-,25+/m1/s1. The Labute approximate surface area is 197 Å². The summed E-state index contributed by atoms with van der Waals surface area (Å²) in [5.41, 5.74) is 1.26. The molecule has 0 unspecified atom stereocenters. The molecule has 1 heterocycles. The number of imide groups is 1. The summed E-state index contributed by atoms with van der Waals surface area (Å²) in [6, 6.07) is 14.7. The summed E-state index contributed by atoms with van der Waals surface area (Å²) >= 11 is 0. The molecule has 0 aromatic heterocycles. The minimum Gasteiger partial charge on any atom is -0.425 e. The fourth-order valence-electron chi connectivity index (χ4n) is 6.37. The fourth-order valence-corrected chi connectivity index (χ4v) is 6.37. The molecular weight excluding hydrogens is 430 g/mol. The highest BCUT2D eigenvalue weighted by Gasteiger charge is 2.68. The largest absolute Gasteiger partial charge is 0.425 e. The smallest absolute Gasteiger partial charge is 0.335 e. The highest BCUT2D eigenvalue weighted by molar-refractivity contribution is 6.09. The van der Waals surface area contributed by atoms with Crippen LogP contribution in [0.15, 0.2) is 66.7 Å². The first-order chi connectivity index (χ1) is 16.4. The highest BCUT2D eigenvalue weighted by atomic mass is 16.5. The molecule has 0 spiro atoms. The van der Waals surface area contributed by atoms with Crippen molar-refractivity contribution < 1.29 is 23.9 Å². The highest BCUT2D eigenvalue weighted by Crippen LogP contribution is 2.65. The first kappa shape index (κ1) is 21.0. The number of ether oxygens (including phenoxy) is 1. The van der Waals surface area contributed by atoms with Crippen LogP contribution in [0.5, 0.6) is 5.75 Å². The number of likely N-dealkylation sites (tertiary alicyclic amines) is 1. The van der Waals surface area contributed by atoms with E-state index < -0.39 is 12.0 Å². The summed E-state index contributed by atoms with van der Waals surface area (Å²) in [5, 5.41) is 0. The molecule has 1 aliphatic heterocycles. The number of esters is 1. The van der Waals surface area contributed by atoms with Crippen LogP contribution in [-0.4, -0.2) is 34.5 Å². The Hall–Kier alpha value is -3.54. The van der Waals surface area contributed by atoms with E-state index in [9.17, 15) is 19.2 Å². The number of nitrogens with zero attached hydrogens (tertiary/aromatic N) is 1. The maximum atomic E-state index is 13.7. The predicted molar refractivity (Wildman–Crippen MR) is 123 cm³/mol. The van der Waals surface area contributed by atoms with Gasteiger partial charge in [0, 0.05) is 12.0 Å². The van der Waals surface area contributed by atoms with Crippen LogP contribution in [0.2, 0.25) is 0 Å². The van der Waals surface area contributed by atoms with Crippen LogP contribution in [0.1, 0.15) is 29.3 Å². The Balaban J connectivity index is 1.32. The molecule has 7 rings (SSSR count). The molecule has 0 radical (unpaired) electrons. The molecule has 1 saturated heterocycles. The first-order valence-corrected chi connectivity index (χ1v) is 11.9. The Morgan fingerprint density at radius 2 is 1.59 bits per heavy atom. The molecule has 7 atom stereocenters. The molecule has 34 heavy (non-hydrogen) atoms. The molecular formula is C28H25NO5. The van der Waals surface area contributed by atoms with Crippen molar-refractivity contribution in [1.82, 2.24) is 4.90 Å². The van der Waals surface area contributed by atoms with Gasteiger partial charge in [0.25, 0.3) is 0 Å². The van der Waals surface area contributed by atoms with Crippen LogP contribution >= 0.6 is 0 Å². The van der Waals surface area contributed by atoms with Crippen molar-refractivity contribution in [3.63, 3.8) is 0 Å². The number of hydrogen-bond acceptors (Lipinski definition) is 5. The van der Waals surface area contributed by atoms with E-state index in [2.05, 4.69) is 12.2 Å². The zero-order chi connectivity index (χ0) is 23.6. The van der Waals surface area contributed by atoms with Crippen molar-refractivity contribution in [2.45, 2.75) is 25.8 Å². The van der Waals surface area contributed by atoms with Gasteiger partial charge >= 0.3 is 5.97 Å². The number of allylic oxidation sites excluding steroid dienone is 2. The average molecular weight is 456 g/mol. The second kappa shape index (κ2) is 7.76. The molecule has 2 bridgehead atoms. The van der Waals surface area contributed by atoms with E-state index in [0.29, 0.717) is 17.4 Å². The second-order valence-corrected chi connectivity index (χ2v) is 9.91. The lowest BCUT2D eigenvalue weighted by molar-refractivity contribution is -0.153. The van der Waals surface area contributed by atoms with Crippen LogP contribution < -0.4 is 4.74 Å². The van der Waals surface area contributed by atoms with Crippen molar-refractivity contribution in [3.8, 4) is 5.75 Å². The Morgan fingerprint density at radius 1 is 0.941 bits per heavy atom. The summed E-state index contributed by atoms with van der Waals surface area (Å²) in [4.78, 5) is 53.7. The van der Waals surface area contributed by atoms with E-state index in [-0.39, 0.29) is 53.4 Å². The number of rotatable bonds is 6. The van der Waals surface area contributed by atoms with Gasteiger partial charge in [0.2, 0.25) is 11.8 Å². The molecule has 3 fully saturated rings. The minimum absolute atomic E-state index is 0.0853. The van der Waals surface area contributed by atoms with E-state index in [1.165, 1.54) is 17.9 Å². The van der Waals surface area contributed by atoms with E-state index in [0.717, 1.165) is 12.0 Å². The van der Waals surface area contributed by atoms with Gasteiger partial charge in [-0.15, -0.1) is 0 Å². The molecule has 2 amide bonds. The van der Waals surface area contributed by atoms with Crippen molar-refractivity contribution >= 4 is 23.6 Å². The number of benzene rings is 2. The van der Waals surface area contributed by atoms with E-state index in [1.807, 2.05) is 30.3 Å². The van der Waals surface area contributed by atoms with E-state index >= 15 is 0 Å². The molecule has 172 valence electrons. The summed E-state index contributed by atoms with van der Waals surface area (Å²) < 4.78 is 5.65. The van der Waals surface area contributed by atoms with Crippen molar-refractivity contribution in [2.24, 2.45) is 35.5 Å². The molecule has 5 aliphatic rings. The number of ketones is 1. The fraction of sp³-hybridized carbons (Fsp3) is 0.357. The topological polar surface area (TPSA) is 80.8 Å². The van der Waals surface area contributed by atoms with Crippen molar-refractivity contribution in [3.05, 3.63) is 77.9 Å². The second-order valence-electron chi connectivity index (χ2n) is 9.91. The van der Waals surface area contributed by atoms with Gasteiger partial charge < -0.3 is 4.74 Å². The summed E-state index contributed by atoms with van der Waals surface area (Å²) in [6.45, 7) is 1.44. The van der Waals surface area contributed by atoms with E-state index in [4.69, 9.17) is 4.74 Å². The Bertz CT molecular complexity index is 1200. The van der Waals surface area contributed by atoms with Gasteiger partial charge in [0.05, 0.1) is 11.8 Å². The maximum absolute atomic E-state index is 13.7. The lowest BCUT2D eigenvalue weighted by Crippen LogP contribution is -2.48. The van der Waals surface area contributed by atoms with Gasteiger partial charge in [-0.3, -0.25) is 19.3 Å². The zero-order valence-corrected chi connectivity index (χ0v) is 18.8. The number of hydrogen-bond donors (Lipinski definition) is 0. The normalized spacial score (nSPS) is 31.1. The van der Waals surface area contributed by atoms with Crippen LogP contribution in [0.4, 0.5) is 0 Å². The quantitative estimate of drug-likeness (QED) is 0.219. The van der Waals surface area contributed by atoms with Gasteiger partial charge in [-0.1, -0.05) is 54.6 Å². The third-order valence-corrected chi connectivity index (χ3v) is 8.01. The molecule has 0 N–H and O–H groups in total. The lowest BCUT2D eigenvalue weighted by Gasteiger charge is -2.37. The predicted octanol–water partition coefficient (Wildman–Crippen LogP) is 3.46. The van der Waals surface area contributed by atoms with Gasteiger partial charge in [-0.05, 0) is 54.7 Å². The number of Topliss-reactive ketones (excluding diaryl/α,β-unsaturated/α-hetero) is 1. The Kier molecular flexibility index (Phi) is 4.80. The van der Waals surface area contributed by atoms with Crippen LogP contribution in [-0.2, 0) is 20.8 Å². The lowest BCUT2D eigenvalue weighted by atomic mass is 9.63. The zero-order valence-electron chi connectivity index (χ0n) is 18.8. The molecule has 4 aliphatic carbocycles. The summed E-state index contributed by atoms with van der Waals surface area (Å²) in [6.07, 6.45) is 5.50. The third-order valence-electron chi connectivity index (χ3n) is 8.01. The first-order valence-electron chi connectivity index (χ1n) is 11.9. The van der Waals surface area contributed by atoms with Crippen molar-refractivity contribution in [1.29, 1.82) is 0 Å². The SMILES string of the molecule is CC(=O)c1cccc(OC(=O)[C@H](Cc2ccccc2)N2C(=O)[C@@H]3[C@@H]4C=C[C@H]([C@H]5C[C@H]45)[C@@H]3C2=O)c1. The van der Waals surface area contributed by atoms with Gasteiger partial charge in [-0.25, -0.2) is 4.79 Å². The van der Waals surface area contributed by atoms with Crippen LogP contribution in [0.3, 0.4) is 0 Å². The third kappa shape index (κ3) is 3.23. The molecule has 2 aromatic rings. The Morgan fingerprint density at radius 3 is 2.21 bits per heavy atom. The summed E-state index contributed by atoms with van der Waals surface area (Å²) in [7, 11) is 0. The number of carbonyl (C=O) groups is 4. The average Bonchev–Trinajstić information content (AvgIpc) is 3.62. The number of amides is 2. The molecule has 2 saturated carbocycles. The van der Waals surface area contributed by atoms with Gasteiger partial charge in [0.1, 0.15) is 11.8 Å². The maximum Gasteiger partial charge on any atom is 0.335 e. The van der Waals surface area contributed by atoms with E-state index in [1.54, 1.807) is 18.2 Å². The van der Waals surface area contributed by atoms with Crippen LogP contribution in [0, 0.1) is 35.5 Å². The van der Waals surface area contributed by atoms with Crippen LogP contribution in [0.25, 0.3) is 0 Å². The monoisotopic (exact) mass is 455 g/mol. The van der Waals surface area contributed by atoms with Gasteiger partial charge in [0.15, 0.2) is 5.78 Å². The molecule has 6 nitrogen and oxygen atoms in total. The van der Waals surface area contributed by atoms with Crippen molar-refractivity contribution in [2.75, 3.05) is 0 Å². The summed E-state index contributed by atoms with van der Waals surface area (Å²) in [5.74, 6) is -0.713. The molecule has 2 aromatic carbocycles. The minimum atomic E-state index is -1.07. The molecule has 6 heteroatoms.